The number of halogens is 1. The Kier molecular flexibility index (Phi) is 6.30. The van der Waals surface area contributed by atoms with Crippen LogP contribution in [0.25, 0.3) is 10.9 Å². The number of rotatable bonds is 4. The zero-order chi connectivity index (χ0) is 22.8. The van der Waals surface area contributed by atoms with Gasteiger partial charge in [-0.2, -0.15) is 0 Å². The zero-order valence-electron chi connectivity index (χ0n) is 18.3. The molecule has 1 amide bonds. The van der Waals surface area contributed by atoms with Gasteiger partial charge < -0.3 is 25.6 Å². The molecule has 2 aliphatic heterocycles. The molecule has 0 unspecified atom stereocenters. The number of morpholine rings is 1. The minimum absolute atomic E-state index is 0.0207. The van der Waals surface area contributed by atoms with Gasteiger partial charge in [0.2, 0.25) is 5.95 Å². The van der Waals surface area contributed by atoms with Crippen LogP contribution in [0.1, 0.15) is 23.2 Å². The summed E-state index contributed by atoms with van der Waals surface area (Å²) in [5.74, 6) is 0.499. The smallest absolute Gasteiger partial charge is 0.254 e. The van der Waals surface area contributed by atoms with Crippen LogP contribution >= 0.6 is 11.6 Å². The largest absolute Gasteiger partial charge is 0.378 e. The van der Waals surface area contributed by atoms with Crippen molar-refractivity contribution in [3.05, 3.63) is 53.2 Å². The van der Waals surface area contributed by atoms with Crippen LogP contribution in [0, 0.1) is 0 Å². The van der Waals surface area contributed by atoms with E-state index in [4.69, 9.17) is 27.1 Å². The Hall–Kier alpha value is -2.94. The number of amides is 1. The first kappa shape index (κ1) is 21.9. The van der Waals surface area contributed by atoms with Gasteiger partial charge in [-0.3, -0.25) is 4.79 Å². The third-order valence-electron chi connectivity index (χ3n) is 6.24. The molecule has 3 heterocycles. The van der Waals surface area contributed by atoms with Crippen molar-refractivity contribution < 1.29 is 9.53 Å². The van der Waals surface area contributed by atoms with Crippen molar-refractivity contribution in [3.63, 3.8) is 0 Å². The molecule has 0 atom stereocenters. The monoisotopic (exact) mass is 466 g/mol. The number of hydrogen-bond acceptors (Lipinski definition) is 7. The second kappa shape index (κ2) is 9.51. The van der Waals surface area contributed by atoms with Crippen LogP contribution in [-0.2, 0) is 4.74 Å². The SMILES string of the molecule is NC1CCN(c2ccc(Cl)c3cnc(Nc4ccc(C(=O)N5CCOCC5)cc4)nc23)CC1. The number of anilines is 3. The van der Waals surface area contributed by atoms with E-state index >= 15 is 0 Å². The lowest BCUT2D eigenvalue weighted by atomic mass is 10.0. The molecule has 2 aromatic carbocycles. The number of carbonyl (C=O) groups is 1. The highest BCUT2D eigenvalue weighted by Gasteiger charge is 2.20. The maximum atomic E-state index is 12.7. The van der Waals surface area contributed by atoms with Crippen LogP contribution in [0.5, 0.6) is 0 Å². The fourth-order valence-corrected chi connectivity index (χ4v) is 4.50. The summed E-state index contributed by atoms with van der Waals surface area (Å²) in [6, 6.07) is 11.5. The molecular weight excluding hydrogens is 440 g/mol. The average Bonchev–Trinajstić information content (AvgIpc) is 2.86. The first-order valence-corrected chi connectivity index (χ1v) is 11.7. The van der Waals surface area contributed by atoms with E-state index in [9.17, 15) is 4.79 Å². The second-order valence-corrected chi connectivity index (χ2v) is 8.86. The number of piperidine rings is 1. The molecular formula is C24H27ClN6O2. The fourth-order valence-electron chi connectivity index (χ4n) is 4.30. The molecule has 172 valence electrons. The van der Waals surface area contributed by atoms with Gasteiger partial charge in [-0.15, -0.1) is 0 Å². The number of benzene rings is 2. The number of nitrogens with zero attached hydrogens (tertiary/aromatic N) is 4. The fraction of sp³-hybridized carbons (Fsp3) is 0.375. The Labute approximate surface area is 197 Å². The third kappa shape index (κ3) is 4.73. The van der Waals surface area contributed by atoms with Crippen LogP contribution in [0.3, 0.4) is 0 Å². The topological polar surface area (TPSA) is 96.6 Å². The number of hydrogen-bond donors (Lipinski definition) is 2. The van der Waals surface area contributed by atoms with Gasteiger partial charge in [-0.25, -0.2) is 9.97 Å². The molecule has 3 aromatic rings. The quantitative estimate of drug-likeness (QED) is 0.608. The van der Waals surface area contributed by atoms with Gasteiger partial charge in [-0.05, 0) is 49.2 Å². The Bertz CT molecular complexity index is 1140. The summed E-state index contributed by atoms with van der Waals surface area (Å²) >= 11 is 6.43. The van der Waals surface area contributed by atoms with E-state index in [1.54, 1.807) is 6.20 Å². The molecule has 2 aliphatic rings. The maximum absolute atomic E-state index is 12.7. The van der Waals surface area contributed by atoms with E-state index in [0.717, 1.165) is 48.2 Å². The highest BCUT2D eigenvalue weighted by molar-refractivity contribution is 6.35. The molecule has 1 aromatic heterocycles. The first-order chi connectivity index (χ1) is 16.1. The van der Waals surface area contributed by atoms with E-state index in [1.807, 2.05) is 41.3 Å². The molecule has 0 radical (unpaired) electrons. The Morgan fingerprint density at radius 2 is 1.79 bits per heavy atom. The van der Waals surface area contributed by atoms with Crippen LogP contribution in [0.4, 0.5) is 17.3 Å². The van der Waals surface area contributed by atoms with Crippen molar-refractivity contribution in [3.8, 4) is 0 Å². The number of ether oxygens (including phenoxy) is 1. The molecule has 9 heteroatoms. The molecule has 0 saturated carbocycles. The number of aromatic nitrogens is 2. The van der Waals surface area contributed by atoms with Crippen LogP contribution in [0.2, 0.25) is 5.02 Å². The summed E-state index contributed by atoms with van der Waals surface area (Å²) in [6.45, 7) is 4.20. The standard InChI is InChI=1S/C24H27ClN6O2/c25-20-5-6-21(30-9-7-17(26)8-10-30)22-19(20)15-27-24(29-22)28-18-3-1-16(2-4-18)23(32)31-11-13-33-14-12-31/h1-6,15,17H,7-14,26H2,(H,27,28,29). The molecule has 33 heavy (non-hydrogen) atoms. The van der Waals surface area contributed by atoms with Crippen LogP contribution in [-0.4, -0.2) is 66.2 Å². The summed E-state index contributed by atoms with van der Waals surface area (Å²) < 4.78 is 5.33. The Balaban J connectivity index is 1.36. The Morgan fingerprint density at radius 3 is 2.52 bits per heavy atom. The van der Waals surface area contributed by atoms with E-state index in [0.29, 0.717) is 42.8 Å². The summed E-state index contributed by atoms with van der Waals surface area (Å²) in [7, 11) is 0. The summed E-state index contributed by atoms with van der Waals surface area (Å²) in [4.78, 5) is 26.0. The molecule has 3 N–H and O–H groups in total. The van der Waals surface area contributed by atoms with Crippen molar-refractivity contribution in [2.24, 2.45) is 5.73 Å². The van der Waals surface area contributed by atoms with Crippen LogP contribution in [0.15, 0.2) is 42.6 Å². The van der Waals surface area contributed by atoms with Gasteiger partial charge in [0.15, 0.2) is 0 Å². The van der Waals surface area contributed by atoms with E-state index in [-0.39, 0.29) is 11.9 Å². The summed E-state index contributed by atoms with van der Waals surface area (Å²) in [5, 5.41) is 4.70. The lowest BCUT2D eigenvalue weighted by Crippen LogP contribution is -2.40. The predicted octanol–water partition coefficient (Wildman–Crippen LogP) is 3.43. The lowest BCUT2D eigenvalue weighted by molar-refractivity contribution is 0.0303. The van der Waals surface area contributed by atoms with Gasteiger partial charge in [0.25, 0.3) is 5.91 Å². The Morgan fingerprint density at radius 1 is 1.06 bits per heavy atom. The highest BCUT2D eigenvalue weighted by Crippen LogP contribution is 2.33. The molecule has 8 nitrogen and oxygen atoms in total. The number of nitrogens with two attached hydrogens (primary N) is 1. The molecule has 2 fully saturated rings. The minimum atomic E-state index is 0.0207. The highest BCUT2D eigenvalue weighted by atomic mass is 35.5. The molecule has 0 bridgehead atoms. The van der Waals surface area contributed by atoms with E-state index < -0.39 is 0 Å². The average molecular weight is 467 g/mol. The van der Waals surface area contributed by atoms with Gasteiger partial charge >= 0.3 is 0 Å². The van der Waals surface area contributed by atoms with Gasteiger partial charge in [0.1, 0.15) is 5.52 Å². The third-order valence-corrected chi connectivity index (χ3v) is 6.57. The predicted molar refractivity (Wildman–Crippen MR) is 130 cm³/mol. The number of carbonyl (C=O) groups excluding carboxylic acids is 1. The second-order valence-electron chi connectivity index (χ2n) is 8.45. The molecule has 0 aliphatic carbocycles. The van der Waals surface area contributed by atoms with Crippen molar-refractivity contribution in [2.45, 2.75) is 18.9 Å². The van der Waals surface area contributed by atoms with Gasteiger partial charge in [0.05, 0.1) is 23.9 Å². The van der Waals surface area contributed by atoms with Crippen molar-refractivity contribution in [1.82, 2.24) is 14.9 Å². The first-order valence-electron chi connectivity index (χ1n) is 11.3. The van der Waals surface area contributed by atoms with E-state index in [1.165, 1.54) is 0 Å². The molecule has 0 spiro atoms. The van der Waals surface area contributed by atoms with E-state index in [2.05, 4.69) is 15.2 Å². The van der Waals surface area contributed by atoms with Crippen molar-refractivity contribution in [2.75, 3.05) is 49.6 Å². The minimum Gasteiger partial charge on any atom is -0.378 e. The van der Waals surface area contributed by atoms with Crippen molar-refractivity contribution >= 4 is 45.7 Å². The number of fused-ring (bicyclic) bond motifs is 1. The number of nitrogens with one attached hydrogen (secondary N) is 1. The zero-order valence-corrected chi connectivity index (χ0v) is 19.1. The van der Waals surface area contributed by atoms with Gasteiger partial charge in [-0.1, -0.05) is 11.6 Å². The molecule has 2 saturated heterocycles. The van der Waals surface area contributed by atoms with Crippen LogP contribution < -0.4 is 16.0 Å². The lowest BCUT2D eigenvalue weighted by Gasteiger charge is -2.32. The van der Waals surface area contributed by atoms with Crippen molar-refractivity contribution in [1.29, 1.82) is 0 Å². The maximum Gasteiger partial charge on any atom is 0.254 e. The normalized spacial score (nSPS) is 17.4. The molecule has 5 rings (SSSR count). The van der Waals surface area contributed by atoms with Gasteiger partial charge in [0, 0.05) is 55.1 Å². The summed E-state index contributed by atoms with van der Waals surface area (Å²) in [5.41, 5.74) is 9.39. The summed E-state index contributed by atoms with van der Waals surface area (Å²) in [6.07, 6.45) is 3.66.